The molecule has 0 heterocycles. The van der Waals surface area contributed by atoms with Gasteiger partial charge < -0.3 is 5.32 Å². The van der Waals surface area contributed by atoms with Crippen LogP contribution in [-0.2, 0) is 14.8 Å². The van der Waals surface area contributed by atoms with Crippen molar-refractivity contribution < 1.29 is 13.2 Å². The Hall–Kier alpha value is -2.34. The molecule has 0 aromatic heterocycles. The van der Waals surface area contributed by atoms with E-state index in [1.807, 2.05) is 44.2 Å². The molecule has 0 atom stereocenters. The van der Waals surface area contributed by atoms with E-state index in [-0.39, 0.29) is 18.9 Å². The van der Waals surface area contributed by atoms with E-state index in [0.29, 0.717) is 11.6 Å². The zero-order valence-corrected chi connectivity index (χ0v) is 17.4. The van der Waals surface area contributed by atoms with Crippen LogP contribution in [0.4, 0.5) is 11.4 Å². The van der Waals surface area contributed by atoms with E-state index < -0.39 is 10.0 Å². The zero-order chi connectivity index (χ0) is 20.2. The Morgan fingerprint density at radius 2 is 1.59 bits per heavy atom. The molecule has 1 amide bonds. The molecule has 0 radical (unpaired) electrons. The number of hydrogen-bond acceptors (Lipinski definition) is 3. The number of hydrogen-bond donors (Lipinski definition) is 1. The third kappa shape index (κ3) is 6.10. The average Bonchev–Trinajstić information content (AvgIpc) is 2.53. The third-order valence-electron chi connectivity index (χ3n) is 4.30. The maximum Gasteiger partial charge on any atom is 0.232 e. The van der Waals surface area contributed by atoms with E-state index in [4.69, 9.17) is 0 Å². The van der Waals surface area contributed by atoms with Crippen LogP contribution in [0.5, 0.6) is 0 Å². The standard InChI is InChI=1S/C21H28N2O3S/c1-15(2)18-6-8-20(9-7-18)23(27(5,25)26)11-10-21(24)22-19-13-16(3)12-17(4)14-19/h6-9,12-15H,10-11H2,1-5H3,(H,22,24). The van der Waals surface area contributed by atoms with Crippen LogP contribution < -0.4 is 9.62 Å². The number of sulfonamides is 1. The van der Waals surface area contributed by atoms with Crippen molar-refractivity contribution in [2.75, 3.05) is 22.4 Å². The highest BCUT2D eigenvalue weighted by Crippen LogP contribution is 2.22. The molecule has 27 heavy (non-hydrogen) atoms. The summed E-state index contributed by atoms with van der Waals surface area (Å²) in [4.78, 5) is 12.3. The summed E-state index contributed by atoms with van der Waals surface area (Å²) in [6, 6.07) is 13.2. The number of benzene rings is 2. The Morgan fingerprint density at radius 3 is 2.07 bits per heavy atom. The minimum atomic E-state index is -3.48. The van der Waals surface area contributed by atoms with Crippen LogP contribution >= 0.6 is 0 Å². The predicted molar refractivity (Wildman–Crippen MR) is 112 cm³/mol. The quantitative estimate of drug-likeness (QED) is 0.772. The second-order valence-corrected chi connectivity index (χ2v) is 9.16. The Kier molecular flexibility index (Phi) is 6.65. The normalized spacial score (nSPS) is 11.5. The zero-order valence-electron chi connectivity index (χ0n) is 16.6. The number of rotatable bonds is 7. The van der Waals surface area contributed by atoms with Gasteiger partial charge in [0.25, 0.3) is 0 Å². The van der Waals surface area contributed by atoms with Gasteiger partial charge in [-0.05, 0) is 60.7 Å². The lowest BCUT2D eigenvalue weighted by molar-refractivity contribution is -0.116. The van der Waals surface area contributed by atoms with Crippen molar-refractivity contribution in [3.05, 3.63) is 59.2 Å². The first-order valence-electron chi connectivity index (χ1n) is 9.02. The van der Waals surface area contributed by atoms with Crippen LogP contribution in [0.2, 0.25) is 0 Å². The molecule has 0 aliphatic heterocycles. The van der Waals surface area contributed by atoms with Gasteiger partial charge in [-0.3, -0.25) is 9.10 Å². The maximum absolute atomic E-state index is 12.3. The van der Waals surface area contributed by atoms with Gasteiger partial charge in [0.05, 0.1) is 11.9 Å². The van der Waals surface area contributed by atoms with Gasteiger partial charge in [-0.15, -0.1) is 0 Å². The summed E-state index contributed by atoms with van der Waals surface area (Å²) in [5.41, 5.74) is 4.56. The summed E-state index contributed by atoms with van der Waals surface area (Å²) >= 11 is 0. The average molecular weight is 389 g/mol. The van der Waals surface area contributed by atoms with Gasteiger partial charge in [0, 0.05) is 18.7 Å². The number of anilines is 2. The molecule has 0 unspecified atom stereocenters. The third-order valence-corrected chi connectivity index (χ3v) is 5.49. The van der Waals surface area contributed by atoms with Crippen LogP contribution in [0.25, 0.3) is 0 Å². The highest BCUT2D eigenvalue weighted by molar-refractivity contribution is 7.92. The van der Waals surface area contributed by atoms with Gasteiger partial charge in [-0.2, -0.15) is 0 Å². The van der Waals surface area contributed by atoms with E-state index in [2.05, 4.69) is 19.2 Å². The van der Waals surface area contributed by atoms with Crippen molar-refractivity contribution in [3.63, 3.8) is 0 Å². The Balaban J connectivity index is 2.09. The van der Waals surface area contributed by atoms with Crippen molar-refractivity contribution in [1.29, 1.82) is 0 Å². The molecule has 2 rings (SSSR count). The number of carbonyl (C=O) groups is 1. The molecule has 0 bridgehead atoms. The molecule has 0 saturated carbocycles. The van der Waals surface area contributed by atoms with E-state index in [1.165, 1.54) is 4.31 Å². The number of nitrogens with one attached hydrogen (secondary N) is 1. The molecule has 6 heteroatoms. The minimum absolute atomic E-state index is 0.0754. The summed E-state index contributed by atoms with van der Waals surface area (Å²) < 4.78 is 25.7. The van der Waals surface area contributed by atoms with Gasteiger partial charge in [0.15, 0.2) is 0 Å². The molecule has 5 nitrogen and oxygen atoms in total. The topological polar surface area (TPSA) is 66.5 Å². The molecule has 2 aromatic carbocycles. The highest BCUT2D eigenvalue weighted by atomic mass is 32.2. The molecule has 146 valence electrons. The number of amides is 1. The van der Waals surface area contributed by atoms with Gasteiger partial charge >= 0.3 is 0 Å². The van der Waals surface area contributed by atoms with Crippen molar-refractivity contribution in [3.8, 4) is 0 Å². The predicted octanol–water partition coefficient (Wildman–Crippen LogP) is 4.22. The van der Waals surface area contributed by atoms with Gasteiger partial charge in [-0.25, -0.2) is 8.42 Å². The number of carbonyl (C=O) groups excluding carboxylic acids is 1. The fraction of sp³-hybridized carbons (Fsp3) is 0.381. The fourth-order valence-electron chi connectivity index (χ4n) is 2.99. The molecule has 2 aromatic rings. The second kappa shape index (κ2) is 8.57. The lowest BCUT2D eigenvalue weighted by Crippen LogP contribution is -2.33. The molecule has 1 N–H and O–H groups in total. The smallest absolute Gasteiger partial charge is 0.232 e. The molecular formula is C21H28N2O3S. The monoisotopic (exact) mass is 388 g/mol. The Labute approximate surface area is 162 Å². The lowest BCUT2D eigenvalue weighted by Gasteiger charge is -2.22. The van der Waals surface area contributed by atoms with Gasteiger partial charge in [-0.1, -0.05) is 32.0 Å². The molecule has 0 saturated heterocycles. The van der Waals surface area contributed by atoms with Crippen molar-refractivity contribution in [2.24, 2.45) is 0 Å². The van der Waals surface area contributed by atoms with E-state index >= 15 is 0 Å². The van der Waals surface area contributed by atoms with Crippen molar-refractivity contribution >= 4 is 27.3 Å². The van der Waals surface area contributed by atoms with E-state index in [1.54, 1.807) is 12.1 Å². The lowest BCUT2D eigenvalue weighted by atomic mass is 10.0. The first-order valence-corrected chi connectivity index (χ1v) is 10.9. The summed E-state index contributed by atoms with van der Waals surface area (Å²) in [6.07, 6.45) is 1.23. The van der Waals surface area contributed by atoms with Crippen LogP contribution in [0.1, 0.15) is 42.9 Å². The minimum Gasteiger partial charge on any atom is -0.326 e. The van der Waals surface area contributed by atoms with Crippen LogP contribution in [0, 0.1) is 13.8 Å². The van der Waals surface area contributed by atoms with E-state index in [9.17, 15) is 13.2 Å². The van der Waals surface area contributed by atoms with Crippen LogP contribution in [0.15, 0.2) is 42.5 Å². The fourth-order valence-corrected chi connectivity index (χ4v) is 3.91. The van der Waals surface area contributed by atoms with Crippen molar-refractivity contribution in [1.82, 2.24) is 0 Å². The highest BCUT2D eigenvalue weighted by Gasteiger charge is 2.19. The maximum atomic E-state index is 12.3. The van der Waals surface area contributed by atoms with Crippen molar-refractivity contribution in [2.45, 2.75) is 40.0 Å². The Bertz CT molecular complexity index is 883. The first kappa shape index (κ1) is 21.0. The van der Waals surface area contributed by atoms with Crippen LogP contribution in [0.3, 0.4) is 0 Å². The SMILES string of the molecule is Cc1cc(C)cc(NC(=O)CCN(c2ccc(C(C)C)cc2)S(C)(=O)=O)c1. The molecule has 0 fully saturated rings. The first-order chi connectivity index (χ1) is 12.6. The molecule has 0 aliphatic carbocycles. The van der Waals surface area contributed by atoms with Gasteiger partial charge in [0.1, 0.15) is 0 Å². The molecule has 0 aliphatic rings. The summed E-state index contributed by atoms with van der Waals surface area (Å²) in [6.45, 7) is 8.20. The summed E-state index contributed by atoms with van der Waals surface area (Å²) in [5.74, 6) is 0.154. The largest absolute Gasteiger partial charge is 0.326 e. The molecular weight excluding hydrogens is 360 g/mol. The number of nitrogens with zero attached hydrogens (tertiary/aromatic N) is 1. The van der Waals surface area contributed by atoms with Crippen LogP contribution in [-0.4, -0.2) is 27.1 Å². The van der Waals surface area contributed by atoms with Gasteiger partial charge in [0.2, 0.25) is 15.9 Å². The molecule has 0 spiro atoms. The van der Waals surface area contributed by atoms with E-state index in [0.717, 1.165) is 28.6 Å². The summed E-state index contributed by atoms with van der Waals surface area (Å²) in [5, 5.41) is 2.85. The Morgan fingerprint density at radius 1 is 1.04 bits per heavy atom. The second-order valence-electron chi connectivity index (χ2n) is 7.26. The number of aryl methyl sites for hydroxylation is 2. The summed E-state index contributed by atoms with van der Waals surface area (Å²) in [7, 11) is -3.48.